The number of carbonyl (C=O) groups is 1. The summed E-state index contributed by atoms with van der Waals surface area (Å²) in [6.07, 6.45) is 0. The fraction of sp³-hybridized carbons (Fsp3) is 0.435. The summed E-state index contributed by atoms with van der Waals surface area (Å²) in [4.78, 5) is 14.9. The Morgan fingerprint density at radius 3 is 2.28 bits per heavy atom. The molecule has 3 rings (SSSR count). The number of likely N-dealkylation sites (N-methyl/N-ethyl adjacent to an activating group) is 1. The van der Waals surface area contributed by atoms with E-state index in [2.05, 4.69) is 10.2 Å². The van der Waals surface area contributed by atoms with Crippen molar-refractivity contribution < 1.29 is 22.7 Å². The second-order valence-electron chi connectivity index (χ2n) is 7.85. The molecule has 0 bridgehead atoms. The minimum absolute atomic E-state index is 0.0902. The highest BCUT2D eigenvalue weighted by Crippen LogP contribution is 2.21. The van der Waals surface area contributed by atoms with E-state index in [1.54, 1.807) is 19.2 Å². The van der Waals surface area contributed by atoms with Crippen LogP contribution in [0.4, 0.5) is 0 Å². The number of nitrogens with one attached hydrogen (secondary N) is 1. The van der Waals surface area contributed by atoms with E-state index in [0.717, 1.165) is 11.3 Å². The van der Waals surface area contributed by atoms with Crippen LogP contribution in [0.3, 0.4) is 0 Å². The van der Waals surface area contributed by atoms with Gasteiger partial charge in [0.15, 0.2) is 5.78 Å². The maximum Gasteiger partial charge on any atom is 0.243 e. The lowest BCUT2D eigenvalue weighted by atomic mass is 10.1. The summed E-state index contributed by atoms with van der Waals surface area (Å²) in [6.45, 7) is 2.23. The van der Waals surface area contributed by atoms with E-state index < -0.39 is 10.0 Å². The van der Waals surface area contributed by atoms with Crippen molar-refractivity contribution in [3.8, 4) is 5.75 Å². The standard InChI is InChI=1S/C23H31N3O5S/c1-25(2)22(18-4-8-20(30-3)9-5-18)16-24-17-23(27)19-6-10-21(11-7-19)32(28,29)26-12-14-31-15-13-26/h4-11,22,24H,12-17H2,1-3H3. The molecule has 1 saturated heterocycles. The maximum absolute atomic E-state index is 12.7. The number of nitrogens with zero attached hydrogens (tertiary/aromatic N) is 2. The van der Waals surface area contributed by atoms with Crippen molar-refractivity contribution in [3.63, 3.8) is 0 Å². The highest BCUT2D eigenvalue weighted by molar-refractivity contribution is 7.89. The fourth-order valence-corrected chi connectivity index (χ4v) is 5.01. The first kappa shape index (κ1) is 24.3. The molecule has 1 aliphatic heterocycles. The Kier molecular flexibility index (Phi) is 8.38. The Morgan fingerprint density at radius 1 is 1.09 bits per heavy atom. The molecule has 1 aliphatic rings. The summed E-state index contributed by atoms with van der Waals surface area (Å²) in [5, 5.41) is 3.23. The number of carbonyl (C=O) groups excluding carboxylic acids is 1. The van der Waals surface area contributed by atoms with Gasteiger partial charge in [0.1, 0.15) is 5.75 Å². The van der Waals surface area contributed by atoms with Gasteiger partial charge in [-0.05, 0) is 43.9 Å². The molecule has 32 heavy (non-hydrogen) atoms. The van der Waals surface area contributed by atoms with Gasteiger partial charge in [-0.2, -0.15) is 4.31 Å². The van der Waals surface area contributed by atoms with E-state index in [9.17, 15) is 13.2 Å². The largest absolute Gasteiger partial charge is 0.497 e. The van der Waals surface area contributed by atoms with Crippen molar-refractivity contribution in [1.82, 2.24) is 14.5 Å². The van der Waals surface area contributed by atoms with Gasteiger partial charge in [-0.3, -0.25) is 4.79 Å². The predicted molar refractivity (Wildman–Crippen MR) is 123 cm³/mol. The van der Waals surface area contributed by atoms with E-state index in [1.165, 1.54) is 16.4 Å². The number of ketones is 1. The average molecular weight is 462 g/mol. The second-order valence-corrected chi connectivity index (χ2v) is 9.79. The third kappa shape index (κ3) is 5.93. The van der Waals surface area contributed by atoms with Crippen LogP contribution in [0.1, 0.15) is 22.0 Å². The molecule has 0 saturated carbocycles. The van der Waals surface area contributed by atoms with Gasteiger partial charge in [0.2, 0.25) is 10.0 Å². The lowest BCUT2D eigenvalue weighted by molar-refractivity contribution is 0.0730. The van der Waals surface area contributed by atoms with Crippen molar-refractivity contribution in [2.24, 2.45) is 0 Å². The normalized spacial score (nSPS) is 16.1. The molecule has 1 unspecified atom stereocenters. The molecule has 0 aliphatic carbocycles. The van der Waals surface area contributed by atoms with Crippen LogP contribution in [0.2, 0.25) is 0 Å². The smallest absolute Gasteiger partial charge is 0.243 e. The number of methoxy groups -OCH3 is 1. The highest BCUT2D eigenvalue weighted by atomic mass is 32.2. The van der Waals surface area contributed by atoms with Crippen LogP contribution in [0, 0.1) is 0 Å². The molecular weight excluding hydrogens is 430 g/mol. The van der Waals surface area contributed by atoms with Crippen LogP contribution in [0.5, 0.6) is 5.75 Å². The molecule has 2 aromatic carbocycles. The van der Waals surface area contributed by atoms with Gasteiger partial charge in [0.25, 0.3) is 0 Å². The lowest BCUT2D eigenvalue weighted by Crippen LogP contribution is -2.40. The summed E-state index contributed by atoms with van der Waals surface area (Å²) in [5.41, 5.74) is 1.60. The molecule has 0 aromatic heterocycles. The number of benzene rings is 2. The van der Waals surface area contributed by atoms with Crippen molar-refractivity contribution in [1.29, 1.82) is 0 Å². The van der Waals surface area contributed by atoms with Crippen LogP contribution >= 0.6 is 0 Å². The quantitative estimate of drug-likeness (QED) is 0.540. The van der Waals surface area contributed by atoms with Crippen molar-refractivity contribution in [2.45, 2.75) is 10.9 Å². The zero-order valence-electron chi connectivity index (χ0n) is 18.8. The molecular formula is C23H31N3O5S. The van der Waals surface area contributed by atoms with Gasteiger partial charge in [-0.1, -0.05) is 24.3 Å². The first-order valence-corrected chi connectivity index (χ1v) is 12.0. The number of rotatable bonds is 10. The van der Waals surface area contributed by atoms with Gasteiger partial charge in [-0.15, -0.1) is 0 Å². The maximum atomic E-state index is 12.7. The Bertz CT molecular complexity index is 985. The van der Waals surface area contributed by atoms with E-state index in [4.69, 9.17) is 9.47 Å². The highest BCUT2D eigenvalue weighted by Gasteiger charge is 2.26. The van der Waals surface area contributed by atoms with Crippen LogP contribution in [0.25, 0.3) is 0 Å². The summed E-state index contributed by atoms with van der Waals surface area (Å²) >= 11 is 0. The van der Waals surface area contributed by atoms with E-state index in [-0.39, 0.29) is 23.3 Å². The number of hydrogen-bond donors (Lipinski definition) is 1. The molecule has 1 N–H and O–H groups in total. The Balaban J connectivity index is 1.58. The SMILES string of the molecule is COc1ccc(C(CNCC(=O)c2ccc(S(=O)(=O)N3CCOCC3)cc2)N(C)C)cc1. The zero-order valence-corrected chi connectivity index (χ0v) is 19.6. The Labute approximate surface area is 190 Å². The number of ether oxygens (including phenoxy) is 2. The zero-order chi connectivity index (χ0) is 23.1. The molecule has 1 atom stereocenters. The summed E-state index contributed by atoms with van der Waals surface area (Å²) in [6, 6.07) is 14.1. The molecule has 9 heteroatoms. The van der Waals surface area contributed by atoms with Crippen molar-refractivity contribution in [2.75, 3.05) is 60.6 Å². The minimum atomic E-state index is -3.57. The van der Waals surface area contributed by atoms with Gasteiger partial charge in [-0.25, -0.2) is 8.42 Å². The monoisotopic (exact) mass is 461 g/mol. The average Bonchev–Trinajstić information content (AvgIpc) is 2.82. The molecule has 2 aromatic rings. The molecule has 174 valence electrons. The summed E-state index contributed by atoms with van der Waals surface area (Å²) in [5.74, 6) is 0.709. The summed E-state index contributed by atoms with van der Waals surface area (Å²) < 4.78 is 37.3. The van der Waals surface area contributed by atoms with Gasteiger partial charge >= 0.3 is 0 Å². The van der Waals surface area contributed by atoms with Crippen LogP contribution in [0.15, 0.2) is 53.4 Å². The topological polar surface area (TPSA) is 88.2 Å². The first-order chi connectivity index (χ1) is 15.3. The Morgan fingerprint density at radius 2 is 1.72 bits per heavy atom. The number of Topliss-reactive ketones (excluding diaryl/α,β-unsaturated/α-hetero) is 1. The molecule has 1 fully saturated rings. The van der Waals surface area contributed by atoms with Gasteiger partial charge < -0.3 is 19.7 Å². The summed E-state index contributed by atoms with van der Waals surface area (Å²) in [7, 11) is 2.05. The number of morpholine rings is 1. The number of sulfonamides is 1. The molecule has 0 amide bonds. The van der Waals surface area contributed by atoms with Crippen LogP contribution < -0.4 is 10.1 Å². The van der Waals surface area contributed by atoms with Crippen LogP contribution in [-0.2, 0) is 14.8 Å². The van der Waals surface area contributed by atoms with Crippen LogP contribution in [-0.4, -0.2) is 84.0 Å². The lowest BCUT2D eigenvalue weighted by Gasteiger charge is -2.26. The molecule has 0 spiro atoms. The van der Waals surface area contributed by atoms with Gasteiger partial charge in [0.05, 0.1) is 31.8 Å². The molecule has 0 radical (unpaired) electrons. The molecule has 1 heterocycles. The van der Waals surface area contributed by atoms with Gasteiger partial charge in [0, 0.05) is 31.2 Å². The van der Waals surface area contributed by atoms with Crippen molar-refractivity contribution in [3.05, 3.63) is 59.7 Å². The fourth-order valence-electron chi connectivity index (χ4n) is 3.60. The predicted octanol–water partition coefficient (Wildman–Crippen LogP) is 1.79. The first-order valence-electron chi connectivity index (χ1n) is 10.5. The second kappa shape index (κ2) is 11.0. The van der Waals surface area contributed by atoms with E-state index in [0.29, 0.717) is 38.4 Å². The van der Waals surface area contributed by atoms with E-state index >= 15 is 0 Å². The third-order valence-corrected chi connectivity index (χ3v) is 7.44. The minimum Gasteiger partial charge on any atom is -0.497 e. The van der Waals surface area contributed by atoms with Crippen molar-refractivity contribution >= 4 is 15.8 Å². The third-order valence-electron chi connectivity index (χ3n) is 5.53. The molecule has 8 nitrogen and oxygen atoms in total. The van der Waals surface area contributed by atoms with E-state index in [1.807, 2.05) is 38.4 Å². The number of hydrogen-bond acceptors (Lipinski definition) is 7. The Hall–Kier alpha value is -2.30.